The maximum Gasteiger partial charge on any atom is 0.387 e. The van der Waals surface area contributed by atoms with Crippen LogP contribution in [0.25, 0.3) is 0 Å². The molecular weight excluding hydrogens is 304 g/mol. The third-order valence-corrected chi connectivity index (χ3v) is 3.35. The topological polar surface area (TPSA) is 56.2 Å². The lowest BCUT2D eigenvalue weighted by Crippen LogP contribution is -2.16. The average molecular weight is 323 g/mol. The lowest BCUT2D eigenvalue weighted by Gasteiger charge is -2.11. The normalized spacial score (nSPS) is 10.9. The lowest BCUT2D eigenvalue weighted by molar-refractivity contribution is -0.116. The molecule has 1 aromatic carbocycles. The third-order valence-electron chi connectivity index (χ3n) is 3.35. The second kappa shape index (κ2) is 7.21. The monoisotopic (exact) mass is 323 g/mol. The van der Waals surface area contributed by atoms with E-state index in [0.717, 1.165) is 11.4 Å². The first-order valence-electron chi connectivity index (χ1n) is 7.21. The maximum absolute atomic E-state index is 12.2. The molecule has 124 valence electrons. The molecule has 0 bridgehead atoms. The van der Waals surface area contributed by atoms with Crippen LogP contribution in [0.4, 0.5) is 14.5 Å². The van der Waals surface area contributed by atoms with E-state index in [4.69, 9.17) is 0 Å². The number of hydrogen-bond donors (Lipinski definition) is 1. The summed E-state index contributed by atoms with van der Waals surface area (Å²) in [5, 5.41) is 7.06. The van der Waals surface area contributed by atoms with E-state index in [0.29, 0.717) is 17.8 Å². The van der Waals surface area contributed by atoms with Crippen molar-refractivity contribution >= 4 is 11.6 Å². The molecular formula is C16H19F2N3O2. The highest BCUT2D eigenvalue weighted by Gasteiger charge is 2.09. The molecule has 1 aromatic heterocycles. The Morgan fingerprint density at radius 2 is 2.04 bits per heavy atom. The van der Waals surface area contributed by atoms with Gasteiger partial charge in [0, 0.05) is 24.3 Å². The molecule has 23 heavy (non-hydrogen) atoms. The first-order chi connectivity index (χ1) is 10.8. The number of ether oxygens (including phenoxy) is 1. The molecule has 0 fully saturated rings. The molecule has 0 spiro atoms. The molecule has 0 radical (unpaired) electrons. The van der Waals surface area contributed by atoms with Gasteiger partial charge >= 0.3 is 6.61 Å². The van der Waals surface area contributed by atoms with Gasteiger partial charge in [-0.25, -0.2) is 0 Å². The minimum atomic E-state index is -2.87. The number of anilines is 1. The molecule has 5 nitrogen and oxygen atoms in total. The Labute approximate surface area is 133 Å². The predicted molar refractivity (Wildman–Crippen MR) is 82.8 cm³/mol. The van der Waals surface area contributed by atoms with Crippen molar-refractivity contribution in [3.05, 3.63) is 41.2 Å². The number of alkyl halides is 2. The SMILES string of the molecule is Cc1cc(C)n(CCC(=O)Nc2ccc(OC(F)F)cc2C)n1. The summed E-state index contributed by atoms with van der Waals surface area (Å²) in [6.45, 7) is 3.17. The van der Waals surface area contributed by atoms with Crippen LogP contribution in [0.2, 0.25) is 0 Å². The second-order valence-corrected chi connectivity index (χ2v) is 5.30. The Bertz CT molecular complexity index is 699. The quantitative estimate of drug-likeness (QED) is 0.886. The molecule has 0 aliphatic rings. The van der Waals surface area contributed by atoms with Gasteiger partial charge in [0.15, 0.2) is 0 Å². The van der Waals surface area contributed by atoms with Gasteiger partial charge in [0.2, 0.25) is 5.91 Å². The highest BCUT2D eigenvalue weighted by molar-refractivity contribution is 5.91. The number of aromatic nitrogens is 2. The highest BCUT2D eigenvalue weighted by Crippen LogP contribution is 2.22. The van der Waals surface area contributed by atoms with Crippen LogP contribution in [0.3, 0.4) is 0 Å². The maximum atomic E-state index is 12.2. The first kappa shape index (κ1) is 16.9. The van der Waals surface area contributed by atoms with E-state index in [-0.39, 0.29) is 18.1 Å². The van der Waals surface area contributed by atoms with Crippen molar-refractivity contribution in [3.8, 4) is 5.75 Å². The molecule has 1 amide bonds. The van der Waals surface area contributed by atoms with Crippen LogP contribution in [0, 0.1) is 20.8 Å². The van der Waals surface area contributed by atoms with Crippen molar-refractivity contribution in [2.24, 2.45) is 0 Å². The predicted octanol–water partition coefficient (Wildman–Crippen LogP) is 3.44. The van der Waals surface area contributed by atoms with E-state index in [1.54, 1.807) is 17.7 Å². The summed E-state index contributed by atoms with van der Waals surface area (Å²) in [5.74, 6) is -0.0960. The number of halogens is 2. The smallest absolute Gasteiger partial charge is 0.387 e. The van der Waals surface area contributed by atoms with Crippen LogP contribution >= 0.6 is 0 Å². The number of carbonyl (C=O) groups is 1. The minimum Gasteiger partial charge on any atom is -0.435 e. The summed E-state index contributed by atoms with van der Waals surface area (Å²) in [6, 6.07) is 6.36. The fourth-order valence-corrected chi connectivity index (χ4v) is 2.27. The van der Waals surface area contributed by atoms with Gasteiger partial charge in [-0.3, -0.25) is 9.48 Å². The standard InChI is InChI=1S/C16H19F2N3O2/c1-10-8-13(23-16(17)18)4-5-14(10)19-15(22)6-7-21-12(3)9-11(2)20-21/h4-5,8-9,16H,6-7H2,1-3H3,(H,19,22). The molecule has 2 aromatic rings. The van der Waals surface area contributed by atoms with Crippen molar-refractivity contribution in [2.75, 3.05) is 5.32 Å². The molecule has 0 unspecified atom stereocenters. The van der Waals surface area contributed by atoms with Crippen LogP contribution in [-0.2, 0) is 11.3 Å². The van der Waals surface area contributed by atoms with E-state index in [1.165, 1.54) is 12.1 Å². The Morgan fingerprint density at radius 3 is 2.61 bits per heavy atom. The van der Waals surface area contributed by atoms with Crippen LogP contribution in [0.5, 0.6) is 5.75 Å². The largest absolute Gasteiger partial charge is 0.435 e. The summed E-state index contributed by atoms with van der Waals surface area (Å²) >= 11 is 0. The number of rotatable bonds is 6. The number of aryl methyl sites for hydroxylation is 4. The molecule has 0 atom stereocenters. The molecule has 0 saturated carbocycles. The zero-order valence-electron chi connectivity index (χ0n) is 13.3. The fourth-order valence-electron chi connectivity index (χ4n) is 2.27. The second-order valence-electron chi connectivity index (χ2n) is 5.30. The Kier molecular flexibility index (Phi) is 5.31. The van der Waals surface area contributed by atoms with Gasteiger partial charge in [-0.05, 0) is 50.6 Å². The molecule has 7 heteroatoms. The third kappa shape index (κ3) is 4.77. The Morgan fingerprint density at radius 1 is 1.30 bits per heavy atom. The summed E-state index contributed by atoms with van der Waals surface area (Å²) in [7, 11) is 0. The molecule has 0 aliphatic carbocycles. The van der Waals surface area contributed by atoms with E-state index in [9.17, 15) is 13.6 Å². The molecule has 0 saturated heterocycles. The van der Waals surface area contributed by atoms with Crippen molar-refractivity contribution < 1.29 is 18.3 Å². The number of amides is 1. The van der Waals surface area contributed by atoms with Crippen LogP contribution in [0.15, 0.2) is 24.3 Å². The average Bonchev–Trinajstić information content (AvgIpc) is 2.77. The van der Waals surface area contributed by atoms with Crippen LogP contribution in [0.1, 0.15) is 23.4 Å². The van der Waals surface area contributed by atoms with E-state index in [1.807, 2.05) is 19.9 Å². The minimum absolute atomic E-state index is 0.0677. The number of carbonyl (C=O) groups excluding carboxylic acids is 1. The van der Waals surface area contributed by atoms with Gasteiger partial charge in [0.25, 0.3) is 0 Å². The number of nitrogens with one attached hydrogen (secondary N) is 1. The number of benzene rings is 1. The summed E-state index contributed by atoms with van der Waals surface area (Å²) in [4.78, 5) is 12.0. The molecule has 2 rings (SSSR count). The summed E-state index contributed by atoms with van der Waals surface area (Å²) < 4.78 is 30.4. The summed E-state index contributed by atoms with van der Waals surface area (Å²) in [6.07, 6.45) is 0.274. The van der Waals surface area contributed by atoms with E-state index < -0.39 is 6.61 Å². The van der Waals surface area contributed by atoms with Crippen LogP contribution < -0.4 is 10.1 Å². The molecule has 1 N–H and O–H groups in total. The highest BCUT2D eigenvalue weighted by atomic mass is 19.3. The Balaban J connectivity index is 1.93. The van der Waals surface area contributed by atoms with Gasteiger partial charge in [0.05, 0.1) is 5.69 Å². The van der Waals surface area contributed by atoms with Crippen molar-refractivity contribution in [1.29, 1.82) is 0 Å². The van der Waals surface area contributed by atoms with Gasteiger partial charge in [0.1, 0.15) is 5.75 Å². The zero-order chi connectivity index (χ0) is 17.0. The van der Waals surface area contributed by atoms with Crippen molar-refractivity contribution in [2.45, 2.75) is 40.3 Å². The van der Waals surface area contributed by atoms with Gasteiger partial charge < -0.3 is 10.1 Å². The van der Waals surface area contributed by atoms with Gasteiger partial charge in [-0.1, -0.05) is 0 Å². The van der Waals surface area contributed by atoms with E-state index in [2.05, 4.69) is 15.2 Å². The summed E-state index contributed by atoms with van der Waals surface area (Å²) in [5.41, 5.74) is 3.14. The number of hydrogen-bond acceptors (Lipinski definition) is 3. The van der Waals surface area contributed by atoms with E-state index >= 15 is 0 Å². The molecule has 1 heterocycles. The number of nitrogens with zero attached hydrogens (tertiary/aromatic N) is 2. The van der Waals surface area contributed by atoms with Crippen LogP contribution in [-0.4, -0.2) is 22.3 Å². The van der Waals surface area contributed by atoms with Gasteiger partial charge in [-0.2, -0.15) is 13.9 Å². The van der Waals surface area contributed by atoms with Gasteiger partial charge in [-0.15, -0.1) is 0 Å². The lowest BCUT2D eigenvalue weighted by atomic mass is 10.2. The van der Waals surface area contributed by atoms with Crippen molar-refractivity contribution in [3.63, 3.8) is 0 Å². The zero-order valence-corrected chi connectivity index (χ0v) is 13.3. The Hall–Kier alpha value is -2.44. The first-order valence-corrected chi connectivity index (χ1v) is 7.21. The molecule has 0 aliphatic heterocycles. The van der Waals surface area contributed by atoms with Crippen molar-refractivity contribution in [1.82, 2.24) is 9.78 Å². The fraction of sp³-hybridized carbons (Fsp3) is 0.375.